The zero-order valence-corrected chi connectivity index (χ0v) is 12.9. The molecule has 0 aliphatic heterocycles. The van der Waals surface area contributed by atoms with Gasteiger partial charge in [0.05, 0.1) is 6.61 Å². The number of rotatable bonds is 7. The molecule has 0 aliphatic rings. The van der Waals surface area contributed by atoms with E-state index in [1.54, 1.807) is 11.3 Å². The Kier molecular flexibility index (Phi) is 6.09. The number of anilines is 1. The summed E-state index contributed by atoms with van der Waals surface area (Å²) in [6, 6.07) is 9.19. The molecule has 21 heavy (non-hydrogen) atoms. The van der Waals surface area contributed by atoms with Gasteiger partial charge in [0.15, 0.2) is 0 Å². The van der Waals surface area contributed by atoms with Crippen LogP contribution >= 0.6 is 11.3 Å². The lowest BCUT2D eigenvalue weighted by molar-refractivity contribution is 0.251. The summed E-state index contributed by atoms with van der Waals surface area (Å²) >= 11 is 1.62. The fraction of sp³-hybridized carbons (Fsp3) is 0.312. The molecule has 0 atom stereocenters. The number of ether oxygens (including phenoxy) is 1. The van der Waals surface area contributed by atoms with Crippen molar-refractivity contribution in [3.05, 3.63) is 46.7 Å². The quantitative estimate of drug-likeness (QED) is 0.751. The van der Waals surface area contributed by atoms with E-state index in [1.807, 2.05) is 41.1 Å². The van der Waals surface area contributed by atoms with Crippen LogP contribution < -0.4 is 15.4 Å². The highest BCUT2D eigenvalue weighted by Gasteiger charge is 2.02. The smallest absolute Gasteiger partial charge is 0.319 e. The van der Waals surface area contributed by atoms with E-state index in [0.717, 1.165) is 36.4 Å². The SMILES string of the molecule is CCCCOc1ccc(NC(=O)NCc2ccsc2)cc1. The summed E-state index contributed by atoms with van der Waals surface area (Å²) in [6.07, 6.45) is 2.16. The number of carbonyl (C=O) groups excluding carboxylic acids is 1. The van der Waals surface area contributed by atoms with Crippen molar-refractivity contribution < 1.29 is 9.53 Å². The molecule has 1 aromatic carbocycles. The first-order valence-electron chi connectivity index (χ1n) is 7.06. The molecule has 4 nitrogen and oxygen atoms in total. The Morgan fingerprint density at radius 3 is 2.71 bits per heavy atom. The average Bonchev–Trinajstić information content (AvgIpc) is 3.01. The van der Waals surface area contributed by atoms with Gasteiger partial charge in [-0.15, -0.1) is 0 Å². The Bertz CT molecular complexity index is 538. The number of unbranched alkanes of at least 4 members (excludes halogenated alkanes) is 1. The second-order valence-electron chi connectivity index (χ2n) is 4.67. The zero-order valence-electron chi connectivity index (χ0n) is 12.1. The molecule has 2 N–H and O–H groups in total. The largest absolute Gasteiger partial charge is 0.494 e. The molecule has 0 radical (unpaired) electrons. The summed E-state index contributed by atoms with van der Waals surface area (Å²) in [5, 5.41) is 9.62. The second kappa shape index (κ2) is 8.32. The van der Waals surface area contributed by atoms with Crippen LogP contribution in [0.1, 0.15) is 25.3 Å². The van der Waals surface area contributed by atoms with Crippen molar-refractivity contribution in [3.8, 4) is 5.75 Å². The van der Waals surface area contributed by atoms with E-state index in [0.29, 0.717) is 6.54 Å². The highest BCUT2D eigenvalue weighted by atomic mass is 32.1. The Hall–Kier alpha value is -2.01. The monoisotopic (exact) mass is 304 g/mol. The molecule has 0 saturated heterocycles. The minimum atomic E-state index is -0.208. The third kappa shape index (κ3) is 5.47. The lowest BCUT2D eigenvalue weighted by Crippen LogP contribution is -2.27. The maximum absolute atomic E-state index is 11.8. The fourth-order valence-electron chi connectivity index (χ4n) is 1.72. The van der Waals surface area contributed by atoms with Crippen molar-refractivity contribution in [2.24, 2.45) is 0 Å². The normalized spacial score (nSPS) is 10.1. The first-order valence-corrected chi connectivity index (χ1v) is 8.01. The molecule has 0 aliphatic carbocycles. The van der Waals surface area contributed by atoms with Crippen molar-refractivity contribution in [2.75, 3.05) is 11.9 Å². The summed E-state index contributed by atoms with van der Waals surface area (Å²) in [4.78, 5) is 11.8. The summed E-state index contributed by atoms with van der Waals surface area (Å²) in [7, 11) is 0. The van der Waals surface area contributed by atoms with Gasteiger partial charge in [-0.05, 0) is 53.1 Å². The molecule has 0 unspecified atom stereocenters. The van der Waals surface area contributed by atoms with Crippen LogP contribution in [-0.4, -0.2) is 12.6 Å². The fourth-order valence-corrected chi connectivity index (χ4v) is 2.39. The summed E-state index contributed by atoms with van der Waals surface area (Å²) in [5.74, 6) is 0.827. The van der Waals surface area contributed by atoms with E-state index in [1.165, 1.54) is 0 Å². The predicted molar refractivity (Wildman–Crippen MR) is 87.0 cm³/mol. The Morgan fingerprint density at radius 2 is 2.05 bits per heavy atom. The number of urea groups is 1. The van der Waals surface area contributed by atoms with E-state index in [9.17, 15) is 4.79 Å². The van der Waals surface area contributed by atoms with Crippen LogP contribution in [0.15, 0.2) is 41.1 Å². The molecule has 0 saturated carbocycles. The summed E-state index contributed by atoms with van der Waals surface area (Å²) in [6.45, 7) is 3.39. The standard InChI is InChI=1S/C16H20N2O2S/c1-2-3-9-20-15-6-4-14(5-7-15)18-16(19)17-11-13-8-10-21-12-13/h4-8,10,12H,2-3,9,11H2,1H3,(H2,17,18,19). The van der Waals surface area contributed by atoms with Gasteiger partial charge in [0, 0.05) is 12.2 Å². The maximum Gasteiger partial charge on any atom is 0.319 e. The Balaban J connectivity index is 1.75. The van der Waals surface area contributed by atoms with Gasteiger partial charge in [-0.2, -0.15) is 11.3 Å². The average molecular weight is 304 g/mol. The minimum Gasteiger partial charge on any atom is -0.494 e. The minimum absolute atomic E-state index is 0.208. The molecule has 2 aromatic rings. The third-order valence-electron chi connectivity index (χ3n) is 2.91. The van der Waals surface area contributed by atoms with Gasteiger partial charge >= 0.3 is 6.03 Å². The lowest BCUT2D eigenvalue weighted by Gasteiger charge is -2.09. The Morgan fingerprint density at radius 1 is 1.24 bits per heavy atom. The van der Waals surface area contributed by atoms with E-state index >= 15 is 0 Å². The van der Waals surface area contributed by atoms with Crippen LogP contribution in [0.2, 0.25) is 0 Å². The highest BCUT2D eigenvalue weighted by Crippen LogP contribution is 2.16. The Labute approximate surface area is 129 Å². The first kappa shape index (κ1) is 15.4. The van der Waals surface area contributed by atoms with Crippen molar-refractivity contribution in [2.45, 2.75) is 26.3 Å². The number of hydrogen-bond acceptors (Lipinski definition) is 3. The summed E-state index contributed by atoms with van der Waals surface area (Å²) < 4.78 is 5.58. The zero-order chi connectivity index (χ0) is 14.9. The van der Waals surface area contributed by atoms with Crippen LogP contribution in [0.5, 0.6) is 5.75 Å². The number of nitrogens with one attached hydrogen (secondary N) is 2. The molecule has 0 fully saturated rings. The topological polar surface area (TPSA) is 50.4 Å². The molecule has 1 aromatic heterocycles. The van der Waals surface area contributed by atoms with Crippen molar-refractivity contribution >= 4 is 23.1 Å². The number of amides is 2. The predicted octanol–water partition coefficient (Wildman–Crippen LogP) is 4.25. The van der Waals surface area contributed by atoms with E-state index < -0.39 is 0 Å². The molecular formula is C16H20N2O2S. The van der Waals surface area contributed by atoms with Crippen LogP contribution in [-0.2, 0) is 6.54 Å². The molecule has 2 amide bonds. The van der Waals surface area contributed by atoms with Gasteiger partial charge in [0.1, 0.15) is 5.75 Å². The molecule has 0 bridgehead atoms. The van der Waals surface area contributed by atoms with Gasteiger partial charge in [-0.1, -0.05) is 13.3 Å². The first-order chi connectivity index (χ1) is 10.3. The van der Waals surface area contributed by atoms with E-state index in [4.69, 9.17) is 4.74 Å². The van der Waals surface area contributed by atoms with Crippen molar-refractivity contribution in [3.63, 3.8) is 0 Å². The number of benzene rings is 1. The number of thiophene rings is 1. The molecule has 5 heteroatoms. The van der Waals surface area contributed by atoms with Gasteiger partial charge in [0.25, 0.3) is 0 Å². The van der Waals surface area contributed by atoms with Crippen LogP contribution in [0.25, 0.3) is 0 Å². The van der Waals surface area contributed by atoms with Gasteiger partial charge in [-0.3, -0.25) is 0 Å². The lowest BCUT2D eigenvalue weighted by atomic mass is 10.3. The number of carbonyl (C=O) groups is 1. The molecule has 112 valence electrons. The van der Waals surface area contributed by atoms with Gasteiger partial charge in [0.2, 0.25) is 0 Å². The van der Waals surface area contributed by atoms with Crippen LogP contribution in [0.4, 0.5) is 10.5 Å². The maximum atomic E-state index is 11.8. The van der Waals surface area contributed by atoms with Crippen LogP contribution in [0.3, 0.4) is 0 Å². The molecule has 2 rings (SSSR count). The van der Waals surface area contributed by atoms with Crippen molar-refractivity contribution in [1.82, 2.24) is 5.32 Å². The third-order valence-corrected chi connectivity index (χ3v) is 3.64. The van der Waals surface area contributed by atoms with Crippen molar-refractivity contribution in [1.29, 1.82) is 0 Å². The van der Waals surface area contributed by atoms with E-state index in [2.05, 4.69) is 17.6 Å². The molecule has 1 heterocycles. The van der Waals surface area contributed by atoms with Gasteiger partial charge in [-0.25, -0.2) is 4.79 Å². The van der Waals surface area contributed by atoms with Gasteiger partial charge < -0.3 is 15.4 Å². The molecule has 0 spiro atoms. The second-order valence-corrected chi connectivity index (χ2v) is 5.45. The molecular weight excluding hydrogens is 284 g/mol. The highest BCUT2D eigenvalue weighted by molar-refractivity contribution is 7.07. The van der Waals surface area contributed by atoms with Crippen LogP contribution in [0, 0.1) is 0 Å². The van der Waals surface area contributed by atoms with E-state index in [-0.39, 0.29) is 6.03 Å². The number of hydrogen-bond donors (Lipinski definition) is 2. The summed E-state index contributed by atoms with van der Waals surface area (Å²) in [5.41, 5.74) is 1.86.